The van der Waals surface area contributed by atoms with Gasteiger partial charge in [-0.15, -0.1) is 11.3 Å². The summed E-state index contributed by atoms with van der Waals surface area (Å²) in [6, 6.07) is 14.1. The molecule has 23 heavy (non-hydrogen) atoms. The first-order valence-electron chi connectivity index (χ1n) is 7.68. The fourth-order valence-corrected chi connectivity index (χ4v) is 4.16. The molecule has 0 aliphatic rings. The number of carbonyl (C=O) groups is 1. The minimum absolute atomic E-state index is 0.0228. The summed E-state index contributed by atoms with van der Waals surface area (Å²) in [4.78, 5) is 13.6. The molecule has 1 aromatic heterocycles. The summed E-state index contributed by atoms with van der Waals surface area (Å²) in [6.45, 7) is 4.17. The molecule has 1 heterocycles. The van der Waals surface area contributed by atoms with Crippen LogP contribution in [0.25, 0.3) is 10.1 Å². The van der Waals surface area contributed by atoms with E-state index >= 15 is 0 Å². The average Bonchev–Trinajstić information content (AvgIpc) is 2.90. The number of thiophene rings is 1. The van der Waals surface area contributed by atoms with Crippen LogP contribution in [0.2, 0.25) is 0 Å². The summed E-state index contributed by atoms with van der Waals surface area (Å²) in [7, 11) is 0. The van der Waals surface area contributed by atoms with Crippen molar-refractivity contribution < 1.29 is 4.79 Å². The molecular formula is C19H18BrNOS. The van der Waals surface area contributed by atoms with E-state index in [0.29, 0.717) is 0 Å². The van der Waals surface area contributed by atoms with Gasteiger partial charge in [-0.25, -0.2) is 0 Å². The van der Waals surface area contributed by atoms with E-state index in [-0.39, 0.29) is 5.91 Å². The van der Waals surface area contributed by atoms with Gasteiger partial charge in [0, 0.05) is 14.9 Å². The quantitative estimate of drug-likeness (QED) is 0.568. The lowest BCUT2D eigenvalue weighted by Gasteiger charge is -2.07. The molecule has 0 saturated carbocycles. The normalized spacial score (nSPS) is 10.9. The van der Waals surface area contributed by atoms with Gasteiger partial charge in [0.05, 0.1) is 4.88 Å². The highest BCUT2D eigenvalue weighted by molar-refractivity contribution is 9.10. The number of aryl methyl sites for hydroxylation is 2. The minimum Gasteiger partial charge on any atom is -0.321 e. The second-order valence-corrected chi connectivity index (χ2v) is 7.48. The Balaban J connectivity index is 1.96. The van der Waals surface area contributed by atoms with Crippen LogP contribution in [0.1, 0.15) is 34.1 Å². The standard InChI is InChI=1S/C19H18BrNOS/c1-3-6-15-14-7-4-5-8-17(14)23-18(15)19(22)21-13-10-9-12(2)16(20)11-13/h4-5,7-11H,3,6H2,1-2H3,(H,21,22). The maximum absolute atomic E-state index is 12.8. The Morgan fingerprint density at radius 3 is 2.74 bits per heavy atom. The van der Waals surface area contributed by atoms with Crippen molar-refractivity contribution in [3.63, 3.8) is 0 Å². The number of halogens is 1. The molecule has 2 aromatic carbocycles. The summed E-state index contributed by atoms with van der Waals surface area (Å²) < 4.78 is 2.17. The second-order valence-electron chi connectivity index (χ2n) is 5.57. The third-order valence-corrected chi connectivity index (χ3v) is 5.90. The Bertz CT molecular complexity index is 869. The van der Waals surface area contributed by atoms with Gasteiger partial charge in [-0.2, -0.15) is 0 Å². The monoisotopic (exact) mass is 387 g/mol. The van der Waals surface area contributed by atoms with Gasteiger partial charge in [0.1, 0.15) is 0 Å². The molecule has 1 amide bonds. The predicted octanol–water partition coefficient (Wildman–Crippen LogP) is 6.18. The number of hydrogen-bond donors (Lipinski definition) is 1. The molecule has 0 aliphatic carbocycles. The number of hydrogen-bond acceptors (Lipinski definition) is 2. The highest BCUT2D eigenvalue weighted by atomic mass is 79.9. The smallest absolute Gasteiger partial charge is 0.266 e. The molecule has 0 unspecified atom stereocenters. The number of rotatable bonds is 4. The Labute approximate surface area is 148 Å². The zero-order chi connectivity index (χ0) is 16.4. The number of fused-ring (bicyclic) bond motifs is 1. The van der Waals surface area contributed by atoms with Crippen LogP contribution in [-0.4, -0.2) is 5.91 Å². The van der Waals surface area contributed by atoms with E-state index in [0.717, 1.165) is 39.0 Å². The zero-order valence-electron chi connectivity index (χ0n) is 13.2. The van der Waals surface area contributed by atoms with Gasteiger partial charge in [-0.05, 0) is 48.1 Å². The fraction of sp³-hybridized carbons (Fsp3) is 0.211. The van der Waals surface area contributed by atoms with Crippen LogP contribution < -0.4 is 5.32 Å². The van der Waals surface area contributed by atoms with Gasteiger partial charge >= 0.3 is 0 Å². The van der Waals surface area contributed by atoms with E-state index in [2.05, 4.69) is 40.3 Å². The molecule has 2 nitrogen and oxygen atoms in total. The molecule has 0 radical (unpaired) electrons. The first-order chi connectivity index (χ1) is 11.1. The first kappa shape index (κ1) is 16.2. The van der Waals surface area contributed by atoms with Crippen molar-refractivity contribution in [2.75, 3.05) is 5.32 Å². The molecule has 118 valence electrons. The molecule has 3 rings (SSSR count). The van der Waals surface area contributed by atoms with E-state index < -0.39 is 0 Å². The van der Waals surface area contributed by atoms with Gasteiger partial charge in [-0.3, -0.25) is 4.79 Å². The maximum Gasteiger partial charge on any atom is 0.266 e. The van der Waals surface area contributed by atoms with Gasteiger partial charge in [0.15, 0.2) is 0 Å². The number of nitrogens with one attached hydrogen (secondary N) is 1. The van der Waals surface area contributed by atoms with Gasteiger partial charge in [-0.1, -0.05) is 53.5 Å². The van der Waals surface area contributed by atoms with Crippen molar-refractivity contribution in [1.29, 1.82) is 0 Å². The molecule has 0 aliphatic heterocycles. The van der Waals surface area contributed by atoms with Gasteiger partial charge in [0.2, 0.25) is 0 Å². The van der Waals surface area contributed by atoms with Crippen molar-refractivity contribution >= 4 is 48.9 Å². The molecule has 0 bridgehead atoms. The first-order valence-corrected chi connectivity index (χ1v) is 9.29. The van der Waals surface area contributed by atoms with E-state index in [1.54, 1.807) is 11.3 Å². The molecule has 0 atom stereocenters. The van der Waals surface area contributed by atoms with Crippen LogP contribution in [0.3, 0.4) is 0 Å². The van der Waals surface area contributed by atoms with Crippen LogP contribution in [0.15, 0.2) is 46.9 Å². The Kier molecular flexibility index (Phi) is 4.83. The zero-order valence-corrected chi connectivity index (χ0v) is 15.6. The molecular weight excluding hydrogens is 370 g/mol. The van der Waals surface area contributed by atoms with E-state index in [9.17, 15) is 4.79 Å². The van der Waals surface area contributed by atoms with Crippen LogP contribution in [-0.2, 0) is 6.42 Å². The summed E-state index contributed by atoms with van der Waals surface area (Å²) in [6.07, 6.45) is 1.95. The largest absolute Gasteiger partial charge is 0.321 e. The molecule has 0 spiro atoms. The SMILES string of the molecule is CCCc1c(C(=O)Nc2ccc(C)c(Br)c2)sc2ccccc12. The van der Waals surface area contributed by atoms with Crippen molar-refractivity contribution in [3.05, 3.63) is 62.9 Å². The molecule has 4 heteroatoms. The molecule has 1 N–H and O–H groups in total. The lowest BCUT2D eigenvalue weighted by Crippen LogP contribution is -2.12. The number of amides is 1. The molecule has 0 fully saturated rings. The van der Waals surface area contributed by atoms with Crippen LogP contribution in [0.4, 0.5) is 5.69 Å². The third kappa shape index (κ3) is 3.33. The minimum atomic E-state index is -0.0228. The molecule has 3 aromatic rings. The Morgan fingerprint density at radius 1 is 1.22 bits per heavy atom. The number of benzene rings is 2. The van der Waals surface area contributed by atoms with Crippen molar-refractivity contribution in [2.45, 2.75) is 26.7 Å². The second kappa shape index (κ2) is 6.85. The van der Waals surface area contributed by atoms with E-state index in [1.807, 2.05) is 37.3 Å². The number of anilines is 1. The highest BCUT2D eigenvalue weighted by Crippen LogP contribution is 2.33. The topological polar surface area (TPSA) is 29.1 Å². The summed E-state index contributed by atoms with van der Waals surface area (Å²) in [5, 5.41) is 4.23. The lowest BCUT2D eigenvalue weighted by atomic mass is 10.1. The number of carbonyl (C=O) groups excluding carboxylic acids is 1. The van der Waals surface area contributed by atoms with Crippen molar-refractivity contribution in [1.82, 2.24) is 0 Å². The summed E-state index contributed by atoms with van der Waals surface area (Å²) in [5.41, 5.74) is 3.13. The van der Waals surface area contributed by atoms with Crippen LogP contribution in [0, 0.1) is 6.92 Å². The third-order valence-electron chi connectivity index (χ3n) is 3.83. The predicted molar refractivity (Wildman–Crippen MR) is 103 cm³/mol. The van der Waals surface area contributed by atoms with Gasteiger partial charge in [0.25, 0.3) is 5.91 Å². The highest BCUT2D eigenvalue weighted by Gasteiger charge is 2.17. The van der Waals surface area contributed by atoms with Gasteiger partial charge < -0.3 is 5.32 Å². The lowest BCUT2D eigenvalue weighted by molar-refractivity contribution is 0.103. The Hall–Kier alpha value is -1.65. The molecule has 0 saturated heterocycles. The maximum atomic E-state index is 12.8. The average molecular weight is 388 g/mol. The summed E-state index contributed by atoms with van der Waals surface area (Å²) >= 11 is 5.09. The van der Waals surface area contributed by atoms with Crippen molar-refractivity contribution in [3.8, 4) is 0 Å². The van der Waals surface area contributed by atoms with Crippen LogP contribution >= 0.6 is 27.3 Å². The fourth-order valence-electron chi connectivity index (χ4n) is 2.64. The Morgan fingerprint density at radius 2 is 2.00 bits per heavy atom. The summed E-state index contributed by atoms with van der Waals surface area (Å²) in [5.74, 6) is -0.0228. The van der Waals surface area contributed by atoms with Crippen molar-refractivity contribution in [2.24, 2.45) is 0 Å². The van der Waals surface area contributed by atoms with E-state index in [4.69, 9.17) is 0 Å². The van der Waals surface area contributed by atoms with E-state index in [1.165, 1.54) is 10.1 Å². The van der Waals surface area contributed by atoms with Crippen LogP contribution in [0.5, 0.6) is 0 Å².